The number of carbonyl (C=O) groups excluding carboxylic acids is 1. The fourth-order valence-corrected chi connectivity index (χ4v) is 2.72. The minimum Gasteiger partial charge on any atom is -0.497 e. The molecule has 1 aromatic heterocycles. The number of carbonyl (C=O) groups is 1. The van der Waals surface area contributed by atoms with Crippen LogP contribution in [0.15, 0.2) is 60.9 Å². The molecule has 0 atom stereocenters. The van der Waals surface area contributed by atoms with Crippen molar-refractivity contribution in [2.45, 2.75) is 6.54 Å². The van der Waals surface area contributed by atoms with Gasteiger partial charge >= 0.3 is 0 Å². The lowest BCUT2D eigenvalue weighted by molar-refractivity contribution is 0.0950. The Hall–Kier alpha value is -3.74. The number of anilines is 2. The van der Waals surface area contributed by atoms with Crippen LogP contribution in [0.2, 0.25) is 0 Å². The first-order valence-electron chi connectivity index (χ1n) is 8.98. The number of hydrogen-bond acceptors (Lipinski definition) is 6. The zero-order valence-corrected chi connectivity index (χ0v) is 16.6. The number of pyridine rings is 1. The first-order valence-corrected chi connectivity index (χ1v) is 8.98. The monoisotopic (exact) mass is 393 g/mol. The number of nitrogens with one attached hydrogen (secondary N) is 2. The third kappa shape index (κ3) is 5.16. The van der Waals surface area contributed by atoms with Gasteiger partial charge in [-0.05, 0) is 35.9 Å². The van der Waals surface area contributed by atoms with Gasteiger partial charge in [-0.3, -0.25) is 9.78 Å². The number of rotatable bonds is 8. The number of aromatic nitrogens is 1. The predicted octanol–water partition coefficient (Wildman–Crippen LogP) is 3.78. The Morgan fingerprint density at radius 2 is 1.62 bits per heavy atom. The zero-order valence-electron chi connectivity index (χ0n) is 16.6. The van der Waals surface area contributed by atoms with Crippen molar-refractivity contribution in [2.75, 3.05) is 26.6 Å². The second-order valence-corrected chi connectivity index (χ2v) is 6.18. The quantitative estimate of drug-likeness (QED) is 0.606. The second kappa shape index (κ2) is 9.45. The van der Waals surface area contributed by atoms with Crippen LogP contribution in [0.4, 0.5) is 11.4 Å². The van der Waals surface area contributed by atoms with Crippen molar-refractivity contribution in [3.63, 3.8) is 0 Å². The molecule has 0 fully saturated rings. The van der Waals surface area contributed by atoms with Crippen molar-refractivity contribution in [3.8, 4) is 17.2 Å². The molecule has 7 heteroatoms. The minimum atomic E-state index is -0.210. The summed E-state index contributed by atoms with van der Waals surface area (Å²) in [4.78, 5) is 16.7. The summed E-state index contributed by atoms with van der Waals surface area (Å²) in [6, 6.07) is 14.7. The van der Waals surface area contributed by atoms with Crippen LogP contribution >= 0.6 is 0 Å². The molecule has 2 aromatic carbocycles. The Labute approximate surface area is 169 Å². The van der Waals surface area contributed by atoms with Gasteiger partial charge in [0.15, 0.2) is 0 Å². The van der Waals surface area contributed by atoms with Gasteiger partial charge < -0.3 is 24.8 Å². The Morgan fingerprint density at radius 1 is 0.897 bits per heavy atom. The summed E-state index contributed by atoms with van der Waals surface area (Å²) in [7, 11) is 4.80. The van der Waals surface area contributed by atoms with Gasteiger partial charge in [-0.1, -0.05) is 12.1 Å². The SMILES string of the molecule is COc1ccc(CNC(=O)c2cncc(Nc3ccc(OC)cc3OC)c2)cc1. The van der Waals surface area contributed by atoms with Gasteiger partial charge in [-0.2, -0.15) is 0 Å². The fraction of sp³-hybridized carbons (Fsp3) is 0.182. The number of ether oxygens (including phenoxy) is 3. The smallest absolute Gasteiger partial charge is 0.253 e. The average Bonchev–Trinajstić information content (AvgIpc) is 2.78. The normalized spacial score (nSPS) is 10.2. The molecular weight excluding hydrogens is 370 g/mol. The zero-order chi connectivity index (χ0) is 20.6. The molecule has 7 nitrogen and oxygen atoms in total. The molecule has 0 radical (unpaired) electrons. The van der Waals surface area contributed by atoms with Crippen LogP contribution in [0, 0.1) is 0 Å². The lowest BCUT2D eigenvalue weighted by Crippen LogP contribution is -2.23. The maximum absolute atomic E-state index is 12.5. The lowest BCUT2D eigenvalue weighted by atomic mass is 10.2. The molecule has 29 heavy (non-hydrogen) atoms. The predicted molar refractivity (Wildman–Crippen MR) is 111 cm³/mol. The van der Waals surface area contributed by atoms with Crippen LogP contribution in [-0.4, -0.2) is 32.2 Å². The molecule has 150 valence electrons. The molecule has 0 spiro atoms. The van der Waals surface area contributed by atoms with Gasteiger partial charge in [0.1, 0.15) is 17.2 Å². The van der Waals surface area contributed by atoms with Crippen molar-refractivity contribution in [3.05, 3.63) is 72.1 Å². The van der Waals surface area contributed by atoms with Crippen molar-refractivity contribution >= 4 is 17.3 Å². The van der Waals surface area contributed by atoms with Gasteiger partial charge in [0.25, 0.3) is 5.91 Å². The molecule has 1 heterocycles. The molecule has 0 unspecified atom stereocenters. The Kier molecular flexibility index (Phi) is 6.52. The standard InChI is InChI=1S/C22H23N3O4/c1-27-18-6-4-15(5-7-18)12-24-22(26)16-10-17(14-23-13-16)25-20-9-8-19(28-2)11-21(20)29-3/h4-11,13-14,25H,12H2,1-3H3,(H,24,26). The molecule has 3 aromatic rings. The largest absolute Gasteiger partial charge is 0.497 e. The molecule has 0 aliphatic rings. The first kappa shape index (κ1) is 20.0. The average molecular weight is 393 g/mol. The highest BCUT2D eigenvalue weighted by Gasteiger charge is 2.10. The van der Waals surface area contributed by atoms with E-state index < -0.39 is 0 Å². The molecular formula is C22H23N3O4. The van der Waals surface area contributed by atoms with Gasteiger partial charge in [0.05, 0.1) is 44.5 Å². The molecule has 0 saturated carbocycles. The van der Waals surface area contributed by atoms with Gasteiger partial charge in [-0.15, -0.1) is 0 Å². The topological polar surface area (TPSA) is 81.7 Å². The summed E-state index contributed by atoms with van der Waals surface area (Å²) < 4.78 is 15.7. The number of nitrogens with zero attached hydrogens (tertiary/aromatic N) is 1. The minimum absolute atomic E-state index is 0.210. The molecule has 3 rings (SSSR count). The van der Waals surface area contributed by atoms with Gasteiger partial charge in [0.2, 0.25) is 0 Å². The van der Waals surface area contributed by atoms with E-state index in [9.17, 15) is 4.79 Å². The molecule has 0 aliphatic carbocycles. The third-order valence-electron chi connectivity index (χ3n) is 4.30. The number of benzene rings is 2. The van der Waals surface area contributed by atoms with E-state index in [4.69, 9.17) is 14.2 Å². The van der Waals surface area contributed by atoms with Crippen molar-refractivity contribution in [1.82, 2.24) is 10.3 Å². The van der Waals surface area contributed by atoms with Crippen molar-refractivity contribution in [2.24, 2.45) is 0 Å². The number of amides is 1. The van der Waals surface area contributed by atoms with E-state index in [0.29, 0.717) is 29.3 Å². The van der Waals surface area contributed by atoms with Gasteiger partial charge in [0, 0.05) is 18.8 Å². The van der Waals surface area contributed by atoms with E-state index in [-0.39, 0.29) is 5.91 Å². The van der Waals surface area contributed by atoms with Crippen molar-refractivity contribution in [1.29, 1.82) is 0 Å². The highest BCUT2D eigenvalue weighted by molar-refractivity contribution is 5.94. The van der Waals surface area contributed by atoms with E-state index in [1.165, 1.54) is 6.20 Å². The van der Waals surface area contributed by atoms with E-state index in [0.717, 1.165) is 17.0 Å². The van der Waals surface area contributed by atoms with Crippen LogP contribution in [-0.2, 0) is 6.54 Å². The summed E-state index contributed by atoms with van der Waals surface area (Å²) in [5.41, 5.74) is 2.84. The van der Waals surface area contributed by atoms with Crippen LogP contribution in [0.3, 0.4) is 0 Å². The molecule has 2 N–H and O–H groups in total. The van der Waals surface area contributed by atoms with E-state index >= 15 is 0 Å². The lowest BCUT2D eigenvalue weighted by Gasteiger charge is -2.13. The van der Waals surface area contributed by atoms with Gasteiger partial charge in [-0.25, -0.2) is 0 Å². The third-order valence-corrected chi connectivity index (χ3v) is 4.30. The van der Waals surface area contributed by atoms with E-state index in [2.05, 4.69) is 15.6 Å². The fourth-order valence-electron chi connectivity index (χ4n) is 2.72. The molecule has 0 saturated heterocycles. The summed E-state index contributed by atoms with van der Waals surface area (Å²) in [6.45, 7) is 0.410. The summed E-state index contributed by atoms with van der Waals surface area (Å²) in [5, 5.41) is 6.11. The molecule has 0 aliphatic heterocycles. The van der Waals surface area contributed by atoms with Crippen LogP contribution < -0.4 is 24.8 Å². The summed E-state index contributed by atoms with van der Waals surface area (Å²) >= 11 is 0. The Bertz CT molecular complexity index is 974. The first-order chi connectivity index (χ1) is 14.1. The molecule has 0 bridgehead atoms. The van der Waals surface area contributed by atoms with E-state index in [1.807, 2.05) is 36.4 Å². The Balaban J connectivity index is 1.67. The summed E-state index contributed by atoms with van der Waals surface area (Å²) in [6.07, 6.45) is 3.17. The summed E-state index contributed by atoms with van der Waals surface area (Å²) in [5.74, 6) is 1.88. The highest BCUT2D eigenvalue weighted by atomic mass is 16.5. The van der Waals surface area contributed by atoms with Crippen LogP contribution in [0.1, 0.15) is 15.9 Å². The number of hydrogen-bond donors (Lipinski definition) is 2. The highest BCUT2D eigenvalue weighted by Crippen LogP contribution is 2.31. The maximum Gasteiger partial charge on any atom is 0.253 e. The van der Waals surface area contributed by atoms with Crippen LogP contribution in [0.25, 0.3) is 0 Å². The van der Waals surface area contributed by atoms with Crippen LogP contribution in [0.5, 0.6) is 17.2 Å². The second-order valence-electron chi connectivity index (χ2n) is 6.18. The maximum atomic E-state index is 12.5. The molecule has 1 amide bonds. The van der Waals surface area contributed by atoms with E-state index in [1.54, 1.807) is 39.7 Å². The van der Waals surface area contributed by atoms with Crippen molar-refractivity contribution < 1.29 is 19.0 Å². The Morgan fingerprint density at radius 3 is 2.31 bits per heavy atom. The number of methoxy groups -OCH3 is 3.